The van der Waals surface area contributed by atoms with Crippen LogP contribution in [0.25, 0.3) is 0 Å². The monoisotopic (exact) mass is 269 g/mol. The Morgan fingerprint density at radius 2 is 2.00 bits per heavy atom. The molecule has 82 valence electrons. The molecule has 15 heavy (non-hydrogen) atoms. The molecule has 1 aromatic carbocycles. The van der Waals surface area contributed by atoms with E-state index in [-0.39, 0.29) is 5.78 Å². The van der Waals surface area contributed by atoms with Gasteiger partial charge in [-0.15, -0.1) is 0 Å². The Kier molecular flexibility index (Phi) is 3.91. The van der Waals surface area contributed by atoms with E-state index in [0.29, 0.717) is 6.04 Å². The van der Waals surface area contributed by atoms with Crippen molar-refractivity contribution in [1.29, 1.82) is 0 Å². The topological polar surface area (TPSA) is 20.3 Å². The summed E-state index contributed by atoms with van der Waals surface area (Å²) in [5.41, 5.74) is 1.75. The Balaban J connectivity index is 3.24. The lowest BCUT2D eigenvalue weighted by atomic mass is 10.1. The van der Waals surface area contributed by atoms with E-state index in [1.165, 1.54) is 0 Å². The molecular formula is C12H16BrNO. The lowest BCUT2D eigenvalue weighted by molar-refractivity contribution is 0.101. The summed E-state index contributed by atoms with van der Waals surface area (Å²) < 4.78 is 0.995. The van der Waals surface area contributed by atoms with Crippen LogP contribution in [-0.4, -0.2) is 18.9 Å². The van der Waals surface area contributed by atoms with E-state index < -0.39 is 0 Å². The first-order chi connectivity index (χ1) is 6.93. The number of Topliss-reactive ketones (excluding diaryl/α,β-unsaturated/α-hetero) is 1. The van der Waals surface area contributed by atoms with Gasteiger partial charge in [0.25, 0.3) is 0 Å². The first-order valence-electron chi connectivity index (χ1n) is 4.96. The van der Waals surface area contributed by atoms with Crippen molar-refractivity contribution in [2.24, 2.45) is 0 Å². The van der Waals surface area contributed by atoms with Crippen LogP contribution < -0.4 is 4.90 Å². The zero-order valence-electron chi connectivity index (χ0n) is 9.54. The molecule has 0 N–H and O–H groups in total. The van der Waals surface area contributed by atoms with Crippen molar-refractivity contribution in [3.8, 4) is 0 Å². The first kappa shape index (κ1) is 12.2. The number of rotatable bonds is 3. The van der Waals surface area contributed by atoms with Crippen molar-refractivity contribution in [3.05, 3.63) is 28.2 Å². The SMILES string of the molecule is CC(=O)c1ccc(Br)cc1N(C)C(C)C. The molecule has 0 saturated heterocycles. The molecule has 0 aliphatic rings. The standard InChI is InChI=1S/C12H16BrNO/c1-8(2)14(4)12-7-10(13)5-6-11(12)9(3)15/h5-8H,1-4H3. The summed E-state index contributed by atoms with van der Waals surface area (Å²) >= 11 is 3.42. The highest BCUT2D eigenvalue weighted by molar-refractivity contribution is 9.10. The largest absolute Gasteiger partial charge is 0.372 e. The predicted octanol–water partition coefficient (Wildman–Crippen LogP) is 3.50. The van der Waals surface area contributed by atoms with Gasteiger partial charge in [-0.3, -0.25) is 4.79 Å². The van der Waals surface area contributed by atoms with Crippen LogP contribution in [0.4, 0.5) is 5.69 Å². The van der Waals surface area contributed by atoms with Crippen LogP contribution in [0.1, 0.15) is 31.1 Å². The van der Waals surface area contributed by atoms with Crippen molar-refractivity contribution in [3.63, 3.8) is 0 Å². The lowest BCUT2D eigenvalue weighted by Gasteiger charge is -2.26. The third-order valence-corrected chi connectivity index (χ3v) is 2.99. The molecule has 3 heteroatoms. The highest BCUT2D eigenvalue weighted by Crippen LogP contribution is 2.26. The van der Waals surface area contributed by atoms with Crippen molar-refractivity contribution >= 4 is 27.4 Å². The molecule has 0 spiro atoms. The Bertz CT molecular complexity index is 374. The molecule has 0 bridgehead atoms. The molecule has 0 heterocycles. The molecule has 0 amide bonds. The summed E-state index contributed by atoms with van der Waals surface area (Å²) in [6.07, 6.45) is 0. The maximum atomic E-state index is 11.5. The number of carbonyl (C=O) groups excluding carboxylic acids is 1. The minimum Gasteiger partial charge on any atom is -0.372 e. The second kappa shape index (κ2) is 4.79. The third-order valence-electron chi connectivity index (χ3n) is 2.49. The molecule has 2 nitrogen and oxygen atoms in total. The molecular weight excluding hydrogens is 254 g/mol. The van der Waals surface area contributed by atoms with Gasteiger partial charge in [-0.25, -0.2) is 0 Å². The number of benzene rings is 1. The number of hydrogen-bond donors (Lipinski definition) is 0. The van der Waals surface area contributed by atoms with E-state index in [1.807, 2.05) is 25.2 Å². The van der Waals surface area contributed by atoms with Crippen LogP contribution in [0.3, 0.4) is 0 Å². The molecule has 0 radical (unpaired) electrons. The van der Waals surface area contributed by atoms with Crippen LogP contribution in [0.2, 0.25) is 0 Å². The Labute approximate surface area is 99.4 Å². The summed E-state index contributed by atoms with van der Waals surface area (Å²) in [6, 6.07) is 6.11. The van der Waals surface area contributed by atoms with Crippen LogP contribution >= 0.6 is 15.9 Å². The molecule has 0 aromatic heterocycles. The van der Waals surface area contributed by atoms with Gasteiger partial charge in [0.2, 0.25) is 0 Å². The van der Waals surface area contributed by atoms with Gasteiger partial charge in [-0.2, -0.15) is 0 Å². The number of halogens is 1. The number of carbonyl (C=O) groups is 1. The predicted molar refractivity (Wildman–Crippen MR) is 67.7 cm³/mol. The van der Waals surface area contributed by atoms with E-state index in [1.54, 1.807) is 6.92 Å². The molecule has 0 saturated carbocycles. The Morgan fingerprint density at radius 3 is 2.47 bits per heavy atom. The second-order valence-electron chi connectivity index (χ2n) is 3.92. The van der Waals surface area contributed by atoms with Crippen LogP contribution in [0.5, 0.6) is 0 Å². The van der Waals surface area contributed by atoms with Gasteiger partial charge in [0.15, 0.2) is 5.78 Å². The fraction of sp³-hybridized carbons (Fsp3) is 0.417. The number of ketones is 1. The Morgan fingerprint density at radius 1 is 1.40 bits per heavy atom. The average molecular weight is 270 g/mol. The van der Waals surface area contributed by atoms with E-state index in [9.17, 15) is 4.79 Å². The minimum atomic E-state index is 0.102. The maximum absolute atomic E-state index is 11.5. The van der Waals surface area contributed by atoms with E-state index in [4.69, 9.17) is 0 Å². The minimum absolute atomic E-state index is 0.102. The molecule has 0 aliphatic heterocycles. The van der Waals surface area contributed by atoms with Crippen molar-refractivity contribution in [1.82, 2.24) is 0 Å². The highest BCUT2D eigenvalue weighted by Gasteiger charge is 2.13. The number of anilines is 1. The van der Waals surface area contributed by atoms with E-state index >= 15 is 0 Å². The zero-order chi connectivity index (χ0) is 11.6. The molecule has 1 aromatic rings. The van der Waals surface area contributed by atoms with Gasteiger partial charge in [-0.1, -0.05) is 15.9 Å². The van der Waals surface area contributed by atoms with Gasteiger partial charge in [-0.05, 0) is 39.0 Å². The summed E-state index contributed by atoms with van der Waals surface area (Å²) in [6.45, 7) is 5.80. The third kappa shape index (κ3) is 2.81. The van der Waals surface area contributed by atoms with Crippen molar-refractivity contribution in [2.75, 3.05) is 11.9 Å². The molecule has 0 fully saturated rings. The molecule has 1 rings (SSSR count). The quantitative estimate of drug-likeness (QED) is 0.783. The smallest absolute Gasteiger partial charge is 0.161 e. The molecule has 0 aliphatic carbocycles. The normalized spacial score (nSPS) is 10.5. The van der Waals surface area contributed by atoms with Crippen molar-refractivity contribution in [2.45, 2.75) is 26.8 Å². The summed E-state index contributed by atoms with van der Waals surface area (Å²) in [4.78, 5) is 13.6. The van der Waals surface area contributed by atoms with Crippen LogP contribution in [-0.2, 0) is 0 Å². The van der Waals surface area contributed by atoms with Gasteiger partial charge in [0, 0.05) is 28.8 Å². The average Bonchev–Trinajstić information content (AvgIpc) is 2.15. The maximum Gasteiger partial charge on any atom is 0.161 e. The zero-order valence-corrected chi connectivity index (χ0v) is 11.1. The van der Waals surface area contributed by atoms with Crippen LogP contribution in [0.15, 0.2) is 22.7 Å². The first-order valence-corrected chi connectivity index (χ1v) is 5.76. The van der Waals surface area contributed by atoms with Gasteiger partial charge in [0.1, 0.15) is 0 Å². The number of nitrogens with zero attached hydrogens (tertiary/aromatic N) is 1. The second-order valence-corrected chi connectivity index (χ2v) is 4.84. The number of hydrogen-bond acceptors (Lipinski definition) is 2. The van der Waals surface area contributed by atoms with Gasteiger partial charge >= 0.3 is 0 Å². The molecule has 0 atom stereocenters. The summed E-state index contributed by atoms with van der Waals surface area (Å²) in [7, 11) is 2.00. The van der Waals surface area contributed by atoms with Crippen molar-refractivity contribution < 1.29 is 4.79 Å². The van der Waals surface area contributed by atoms with E-state index in [0.717, 1.165) is 15.7 Å². The lowest BCUT2D eigenvalue weighted by Crippen LogP contribution is -2.27. The van der Waals surface area contributed by atoms with Gasteiger partial charge < -0.3 is 4.90 Å². The fourth-order valence-corrected chi connectivity index (χ4v) is 1.72. The van der Waals surface area contributed by atoms with Crippen LogP contribution in [0, 0.1) is 0 Å². The summed E-state index contributed by atoms with van der Waals surface area (Å²) in [5.74, 6) is 0.102. The summed E-state index contributed by atoms with van der Waals surface area (Å²) in [5, 5.41) is 0. The van der Waals surface area contributed by atoms with E-state index in [2.05, 4.69) is 34.7 Å². The fourth-order valence-electron chi connectivity index (χ4n) is 1.37. The molecule has 0 unspecified atom stereocenters. The van der Waals surface area contributed by atoms with Gasteiger partial charge in [0.05, 0.1) is 0 Å². The Hall–Kier alpha value is -0.830. The highest BCUT2D eigenvalue weighted by atomic mass is 79.9.